The minimum absolute atomic E-state index is 0.0615. The highest BCUT2D eigenvalue weighted by molar-refractivity contribution is 6.05. The Bertz CT molecular complexity index is 370. The van der Waals surface area contributed by atoms with E-state index in [0.717, 1.165) is 5.75 Å². The fraction of sp³-hybridized carbons (Fsp3) is 0.333. The van der Waals surface area contributed by atoms with Crippen molar-refractivity contribution in [3.05, 3.63) is 29.8 Å². The molecule has 0 aromatic heterocycles. The molecule has 0 saturated heterocycles. The Morgan fingerprint density at radius 3 is 2.44 bits per heavy atom. The van der Waals surface area contributed by atoms with Crippen LogP contribution in [0.4, 0.5) is 0 Å². The molecule has 0 amide bonds. The molecule has 1 aromatic carbocycles. The zero-order valence-electron chi connectivity index (χ0n) is 9.53. The van der Waals surface area contributed by atoms with Crippen LogP contribution in [0.3, 0.4) is 0 Å². The number of methoxy groups -OCH3 is 1. The molecule has 0 aliphatic rings. The first-order valence-corrected chi connectivity index (χ1v) is 5.08. The third-order valence-electron chi connectivity index (χ3n) is 2.08. The Kier molecular flexibility index (Phi) is 4.51. The van der Waals surface area contributed by atoms with Crippen LogP contribution in [0.5, 0.6) is 5.75 Å². The molecule has 0 fully saturated rings. The van der Waals surface area contributed by atoms with E-state index in [-0.39, 0.29) is 18.1 Å². The van der Waals surface area contributed by atoms with E-state index < -0.39 is 0 Å². The molecule has 1 aromatic rings. The van der Waals surface area contributed by atoms with Crippen LogP contribution >= 0.6 is 0 Å². The fourth-order valence-electron chi connectivity index (χ4n) is 1.27. The number of Topliss-reactive ketones (excluding diaryl/α,β-unsaturated/α-hetero) is 1. The van der Waals surface area contributed by atoms with Gasteiger partial charge in [0.1, 0.15) is 12.2 Å². The lowest BCUT2D eigenvalue weighted by Gasteiger charge is -2.02. The Labute approximate surface area is 94.7 Å². The molecule has 0 saturated carbocycles. The number of carbonyl (C=O) groups is 1. The van der Waals surface area contributed by atoms with Crippen LogP contribution in [-0.4, -0.2) is 25.4 Å². The van der Waals surface area contributed by atoms with Crippen LogP contribution in [0.25, 0.3) is 0 Å². The van der Waals surface area contributed by atoms with Crippen molar-refractivity contribution in [3.8, 4) is 5.75 Å². The lowest BCUT2D eigenvalue weighted by atomic mass is 10.1. The molecule has 0 bridgehead atoms. The van der Waals surface area contributed by atoms with Crippen molar-refractivity contribution >= 4 is 11.7 Å². The Balaban J connectivity index is 2.62. The first-order chi connectivity index (χ1) is 7.67. The second-order valence-electron chi connectivity index (χ2n) is 3.23. The van der Waals surface area contributed by atoms with E-state index in [1.54, 1.807) is 31.4 Å². The number of hydrogen-bond acceptors (Lipinski definition) is 3. The van der Waals surface area contributed by atoms with Crippen LogP contribution in [-0.2, 0) is 4.74 Å². The van der Waals surface area contributed by atoms with E-state index >= 15 is 0 Å². The zero-order chi connectivity index (χ0) is 12.0. The summed E-state index contributed by atoms with van der Waals surface area (Å²) in [5.74, 6) is 0.912. The third-order valence-corrected chi connectivity index (χ3v) is 2.08. The predicted octanol–water partition coefficient (Wildman–Crippen LogP) is 0.462. The van der Waals surface area contributed by atoms with Gasteiger partial charge in [0, 0.05) is 5.56 Å². The molecule has 0 heterocycles. The number of ketones is 1. The highest BCUT2D eigenvalue weighted by atomic mass is 16.5. The average Bonchev–Trinajstić information content (AvgIpc) is 2.29. The van der Waals surface area contributed by atoms with Gasteiger partial charge >= 0.3 is 5.90 Å². The average molecular weight is 222 g/mol. The molecular formula is C12H16NO3+. The Hall–Kier alpha value is -1.84. The van der Waals surface area contributed by atoms with Crippen molar-refractivity contribution in [1.82, 2.24) is 0 Å². The van der Waals surface area contributed by atoms with Crippen LogP contribution in [0, 0.1) is 0 Å². The molecule has 16 heavy (non-hydrogen) atoms. The highest BCUT2D eigenvalue weighted by Gasteiger charge is 2.13. The van der Waals surface area contributed by atoms with Gasteiger partial charge in [0.2, 0.25) is 0 Å². The first kappa shape index (κ1) is 12.2. The quantitative estimate of drug-likeness (QED) is 0.447. The van der Waals surface area contributed by atoms with Crippen molar-refractivity contribution in [2.45, 2.75) is 13.3 Å². The van der Waals surface area contributed by atoms with Gasteiger partial charge in [-0.1, -0.05) is 0 Å². The van der Waals surface area contributed by atoms with Gasteiger partial charge in [0.15, 0.2) is 5.78 Å². The number of ether oxygens (including phenoxy) is 2. The van der Waals surface area contributed by atoms with Gasteiger partial charge < -0.3 is 9.47 Å². The third kappa shape index (κ3) is 3.38. The monoisotopic (exact) mass is 222 g/mol. The summed E-state index contributed by atoms with van der Waals surface area (Å²) in [4.78, 5) is 11.7. The van der Waals surface area contributed by atoms with Gasteiger partial charge in [-0.2, -0.15) is 0 Å². The molecular weight excluding hydrogens is 206 g/mol. The Morgan fingerprint density at radius 1 is 1.31 bits per heavy atom. The van der Waals surface area contributed by atoms with E-state index in [4.69, 9.17) is 14.9 Å². The normalized spacial score (nSPS) is 9.62. The molecule has 0 aliphatic heterocycles. The van der Waals surface area contributed by atoms with Crippen molar-refractivity contribution in [2.75, 3.05) is 13.7 Å². The van der Waals surface area contributed by atoms with Crippen LogP contribution in [0.15, 0.2) is 24.3 Å². The summed E-state index contributed by atoms with van der Waals surface area (Å²) in [5.41, 5.74) is 0.600. The van der Waals surface area contributed by atoms with Crippen LogP contribution in [0.1, 0.15) is 23.7 Å². The number of nitrogens with two attached hydrogens (primary N) is 1. The minimum Gasteiger partial charge on any atom is -0.497 e. The summed E-state index contributed by atoms with van der Waals surface area (Å²) in [6, 6.07) is 6.90. The van der Waals surface area contributed by atoms with E-state index in [0.29, 0.717) is 12.2 Å². The molecule has 86 valence electrons. The molecule has 2 N–H and O–H groups in total. The van der Waals surface area contributed by atoms with Crippen molar-refractivity contribution < 1.29 is 19.7 Å². The first-order valence-electron chi connectivity index (χ1n) is 5.08. The number of benzene rings is 1. The molecule has 0 unspecified atom stereocenters. The number of carbonyl (C=O) groups excluding carboxylic acids is 1. The zero-order valence-corrected chi connectivity index (χ0v) is 9.53. The molecule has 0 spiro atoms. The SMILES string of the molecule is CCOC(=[NH2+])CC(=O)c1ccc(OC)cc1. The maximum Gasteiger partial charge on any atom is 0.340 e. The van der Waals surface area contributed by atoms with E-state index in [2.05, 4.69) is 0 Å². The van der Waals surface area contributed by atoms with E-state index in [1.807, 2.05) is 6.92 Å². The van der Waals surface area contributed by atoms with Gasteiger partial charge in [-0.3, -0.25) is 4.79 Å². The molecule has 0 atom stereocenters. The fourth-order valence-corrected chi connectivity index (χ4v) is 1.27. The van der Waals surface area contributed by atoms with Gasteiger partial charge in [0.05, 0.1) is 13.7 Å². The second kappa shape index (κ2) is 5.90. The summed E-state index contributed by atoms with van der Waals surface area (Å²) in [5, 5.41) is 5.53. The summed E-state index contributed by atoms with van der Waals surface area (Å²) in [7, 11) is 1.58. The van der Waals surface area contributed by atoms with E-state index in [9.17, 15) is 4.79 Å². The smallest absolute Gasteiger partial charge is 0.340 e. The van der Waals surface area contributed by atoms with Gasteiger partial charge in [-0.25, -0.2) is 5.41 Å². The van der Waals surface area contributed by atoms with E-state index in [1.165, 1.54) is 0 Å². The number of hydrogen-bond donors (Lipinski definition) is 1. The summed E-state index contributed by atoms with van der Waals surface area (Å²) in [6.07, 6.45) is 0.111. The second-order valence-corrected chi connectivity index (χ2v) is 3.23. The Morgan fingerprint density at radius 2 is 1.94 bits per heavy atom. The van der Waals surface area contributed by atoms with Gasteiger partial charge in [-0.15, -0.1) is 0 Å². The molecule has 4 heteroatoms. The van der Waals surface area contributed by atoms with Gasteiger partial charge in [0.25, 0.3) is 0 Å². The largest absolute Gasteiger partial charge is 0.497 e. The van der Waals surface area contributed by atoms with Crippen molar-refractivity contribution in [1.29, 1.82) is 0 Å². The predicted molar refractivity (Wildman–Crippen MR) is 60.5 cm³/mol. The lowest BCUT2D eigenvalue weighted by Crippen LogP contribution is -2.42. The van der Waals surface area contributed by atoms with Crippen LogP contribution in [0.2, 0.25) is 0 Å². The lowest BCUT2D eigenvalue weighted by molar-refractivity contribution is -0.141. The van der Waals surface area contributed by atoms with Crippen molar-refractivity contribution in [3.63, 3.8) is 0 Å². The molecule has 1 rings (SSSR count). The summed E-state index contributed by atoms with van der Waals surface area (Å²) in [6.45, 7) is 2.30. The molecule has 0 aliphatic carbocycles. The maximum absolute atomic E-state index is 11.7. The molecule has 4 nitrogen and oxygen atoms in total. The topological polar surface area (TPSA) is 61.1 Å². The van der Waals surface area contributed by atoms with Gasteiger partial charge in [-0.05, 0) is 31.2 Å². The molecule has 0 radical (unpaired) electrons. The standard InChI is InChI=1S/C12H15NO3/c1-3-16-12(13)8-11(14)9-4-6-10(15-2)7-5-9/h4-7,13H,3,8H2,1-2H3/p+1. The number of rotatable bonds is 5. The summed E-state index contributed by atoms with van der Waals surface area (Å²) >= 11 is 0. The highest BCUT2D eigenvalue weighted by Crippen LogP contribution is 2.12. The maximum atomic E-state index is 11.7. The minimum atomic E-state index is -0.0615. The summed E-state index contributed by atoms with van der Waals surface area (Å²) < 4.78 is 10.0. The van der Waals surface area contributed by atoms with Crippen LogP contribution < -0.4 is 10.1 Å². The van der Waals surface area contributed by atoms with Crippen molar-refractivity contribution in [2.24, 2.45) is 0 Å².